The fourth-order valence-corrected chi connectivity index (χ4v) is 3.65. The Balaban J connectivity index is 1.61. The summed E-state index contributed by atoms with van der Waals surface area (Å²) in [5.74, 6) is 2.07. The van der Waals surface area contributed by atoms with E-state index in [1.165, 1.54) is 11.8 Å². The Hall–Kier alpha value is -3.51. The van der Waals surface area contributed by atoms with Crippen LogP contribution in [0.1, 0.15) is 5.56 Å². The maximum atomic E-state index is 11.9. The average Bonchev–Trinajstić information content (AvgIpc) is 3.38. The van der Waals surface area contributed by atoms with Gasteiger partial charge < -0.3 is 14.8 Å². The van der Waals surface area contributed by atoms with Crippen LogP contribution in [0.15, 0.2) is 53.7 Å². The van der Waals surface area contributed by atoms with Crippen LogP contribution in [0.4, 0.5) is 0 Å². The summed E-state index contributed by atoms with van der Waals surface area (Å²) < 4.78 is 12.8. The number of aromatic nitrogens is 3. The number of hydrogen-bond acceptors (Lipinski definition) is 7. The molecule has 0 spiro atoms. The molecule has 1 aromatic heterocycles. The van der Waals surface area contributed by atoms with Gasteiger partial charge in [0, 0.05) is 5.56 Å². The van der Waals surface area contributed by atoms with E-state index < -0.39 is 0 Å². The lowest BCUT2D eigenvalue weighted by molar-refractivity contribution is -0.118. The normalized spacial score (nSPS) is 11.8. The predicted octanol–water partition coefficient (Wildman–Crippen LogP) is 2.45. The number of ether oxygens (including phenoxy) is 2. The number of hydrogen-bond donors (Lipinski definition) is 1. The Labute approximate surface area is 171 Å². The van der Waals surface area contributed by atoms with Gasteiger partial charge in [0.15, 0.2) is 22.5 Å². The number of benzene rings is 2. The third-order valence-corrected chi connectivity index (χ3v) is 5.19. The number of amides is 1. The van der Waals surface area contributed by atoms with Crippen molar-refractivity contribution >= 4 is 17.7 Å². The maximum Gasteiger partial charge on any atom is 0.231 e. The number of nitrogens with one attached hydrogen (secondary N) is 1. The molecule has 0 atom stereocenters. The second-order valence-corrected chi connectivity index (χ2v) is 7.11. The fraction of sp³-hybridized carbons (Fsp3) is 0.200. The van der Waals surface area contributed by atoms with Crippen molar-refractivity contribution in [3.63, 3.8) is 0 Å². The van der Waals surface area contributed by atoms with Crippen LogP contribution in [-0.4, -0.2) is 39.8 Å². The lowest BCUT2D eigenvalue weighted by Crippen LogP contribution is -2.25. The molecule has 2 aromatic carbocycles. The maximum absolute atomic E-state index is 11.9. The molecule has 1 aliphatic heterocycles. The zero-order valence-electron chi connectivity index (χ0n) is 15.4. The number of carbonyl (C=O) groups excluding carboxylic acids is 1. The van der Waals surface area contributed by atoms with Crippen LogP contribution >= 0.6 is 11.8 Å². The average molecular weight is 407 g/mol. The quantitative estimate of drug-likeness (QED) is 0.474. The van der Waals surface area contributed by atoms with Crippen LogP contribution in [0.3, 0.4) is 0 Å². The topological polar surface area (TPSA) is 102 Å². The van der Waals surface area contributed by atoms with Gasteiger partial charge in [0.2, 0.25) is 12.7 Å². The Morgan fingerprint density at radius 1 is 1.17 bits per heavy atom. The molecule has 0 unspecified atom stereocenters. The van der Waals surface area contributed by atoms with E-state index in [1.807, 2.05) is 59.2 Å². The van der Waals surface area contributed by atoms with E-state index >= 15 is 0 Å². The smallest absolute Gasteiger partial charge is 0.231 e. The second-order valence-electron chi connectivity index (χ2n) is 6.17. The summed E-state index contributed by atoms with van der Waals surface area (Å²) in [6.07, 6.45) is 0. The summed E-state index contributed by atoms with van der Waals surface area (Å²) in [6.45, 7) is 0.716. The van der Waals surface area contributed by atoms with E-state index in [4.69, 9.17) is 14.7 Å². The van der Waals surface area contributed by atoms with Gasteiger partial charge in [-0.25, -0.2) is 0 Å². The first-order valence-electron chi connectivity index (χ1n) is 8.88. The highest BCUT2D eigenvalue weighted by molar-refractivity contribution is 7.99. The van der Waals surface area contributed by atoms with Gasteiger partial charge in [-0.3, -0.25) is 9.36 Å². The van der Waals surface area contributed by atoms with E-state index in [-0.39, 0.29) is 25.0 Å². The van der Waals surface area contributed by atoms with Gasteiger partial charge in [-0.15, -0.1) is 10.2 Å². The van der Waals surface area contributed by atoms with E-state index in [0.717, 1.165) is 16.9 Å². The Kier molecular flexibility index (Phi) is 5.63. The van der Waals surface area contributed by atoms with Crippen molar-refractivity contribution in [3.05, 3.63) is 54.1 Å². The molecule has 0 bridgehead atoms. The molecule has 2 heterocycles. The first kappa shape index (κ1) is 18.8. The Morgan fingerprint density at radius 2 is 2.00 bits per heavy atom. The zero-order chi connectivity index (χ0) is 20.1. The Morgan fingerprint density at radius 3 is 2.83 bits per heavy atom. The van der Waals surface area contributed by atoms with Crippen molar-refractivity contribution in [3.8, 4) is 29.0 Å². The van der Waals surface area contributed by atoms with Gasteiger partial charge in [-0.1, -0.05) is 48.2 Å². The molecule has 0 fully saturated rings. The second kappa shape index (κ2) is 8.67. The van der Waals surface area contributed by atoms with Gasteiger partial charge in [-0.05, 0) is 17.7 Å². The molecule has 8 nitrogen and oxygen atoms in total. The molecule has 4 rings (SSSR count). The lowest BCUT2D eigenvalue weighted by Gasteiger charge is -2.11. The minimum atomic E-state index is -0.226. The Bertz CT molecular complexity index is 1060. The van der Waals surface area contributed by atoms with E-state index in [9.17, 15) is 4.79 Å². The van der Waals surface area contributed by atoms with E-state index in [1.54, 1.807) is 0 Å². The molecule has 0 aliphatic carbocycles. The first-order valence-corrected chi connectivity index (χ1v) is 9.87. The molecule has 0 saturated heterocycles. The number of thioether (sulfide) groups is 1. The zero-order valence-corrected chi connectivity index (χ0v) is 16.2. The van der Waals surface area contributed by atoms with Crippen LogP contribution in [0.2, 0.25) is 0 Å². The predicted molar refractivity (Wildman–Crippen MR) is 106 cm³/mol. The van der Waals surface area contributed by atoms with Crippen molar-refractivity contribution in [1.29, 1.82) is 5.26 Å². The molecule has 3 aromatic rings. The highest BCUT2D eigenvalue weighted by Crippen LogP contribution is 2.33. The van der Waals surface area contributed by atoms with Crippen molar-refractivity contribution in [2.24, 2.45) is 0 Å². The number of fused-ring (bicyclic) bond motifs is 1. The number of rotatable bonds is 7. The molecule has 0 radical (unpaired) electrons. The summed E-state index contributed by atoms with van der Waals surface area (Å²) in [4.78, 5) is 11.9. The third kappa shape index (κ3) is 4.33. The molecule has 1 amide bonds. The molecule has 1 aliphatic rings. The van der Waals surface area contributed by atoms with E-state index in [0.29, 0.717) is 23.3 Å². The standard InChI is InChI=1S/C20H17N5O3S/c21-8-9-22-18(26)12-29-20-24-23-19(15-4-2-1-3-5-15)25(20)11-14-6-7-16-17(10-14)28-13-27-16/h1-7,10H,9,11-13H2,(H,22,26). The van der Waals surface area contributed by atoms with Crippen molar-refractivity contribution < 1.29 is 14.3 Å². The summed E-state index contributed by atoms with van der Waals surface area (Å²) >= 11 is 1.28. The van der Waals surface area contributed by atoms with Crippen LogP contribution in [-0.2, 0) is 11.3 Å². The van der Waals surface area contributed by atoms with E-state index in [2.05, 4.69) is 15.5 Å². The largest absolute Gasteiger partial charge is 0.454 e. The van der Waals surface area contributed by atoms with Crippen molar-refractivity contribution in [2.75, 3.05) is 19.1 Å². The number of nitriles is 1. The summed E-state index contributed by atoms with van der Waals surface area (Å²) in [5, 5.41) is 20.4. The molecule has 1 N–H and O–H groups in total. The van der Waals surface area contributed by atoms with Gasteiger partial charge in [0.25, 0.3) is 0 Å². The number of carbonyl (C=O) groups is 1. The molecule has 29 heavy (non-hydrogen) atoms. The van der Waals surface area contributed by atoms with Gasteiger partial charge >= 0.3 is 0 Å². The third-order valence-electron chi connectivity index (χ3n) is 4.22. The molecule has 0 saturated carbocycles. The SMILES string of the molecule is N#CCNC(=O)CSc1nnc(-c2ccccc2)n1Cc1ccc2c(c1)OCO2. The summed E-state index contributed by atoms with van der Waals surface area (Å²) in [7, 11) is 0. The molecule has 146 valence electrons. The highest BCUT2D eigenvalue weighted by Gasteiger charge is 2.18. The fourth-order valence-electron chi connectivity index (χ4n) is 2.88. The van der Waals surface area contributed by atoms with Gasteiger partial charge in [0.05, 0.1) is 18.4 Å². The minimum Gasteiger partial charge on any atom is -0.454 e. The molecular formula is C20H17N5O3S. The monoisotopic (exact) mass is 407 g/mol. The summed E-state index contributed by atoms with van der Waals surface area (Å²) in [5.41, 5.74) is 1.93. The van der Waals surface area contributed by atoms with Crippen molar-refractivity contribution in [2.45, 2.75) is 11.7 Å². The molecule has 9 heteroatoms. The highest BCUT2D eigenvalue weighted by atomic mass is 32.2. The summed E-state index contributed by atoms with van der Waals surface area (Å²) in [6, 6.07) is 17.4. The van der Waals surface area contributed by atoms with Crippen LogP contribution in [0, 0.1) is 11.3 Å². The van der Waals surface area contributed by atoms with Gasteiger partial charge in [-0.2, -0.15) is 5.26 Å². The van der Waals surface area contributed by atoms with Gasteiger partial charge in [0.1, 0.15) is 6.54 Å². The molecular weight excluding hydrogens is 390 g/mol. The van der Waals surface area contributed by atoms with Crippen LogP contribution in [0.25, 0.3) is 11.4 Å². The van der Waals surface area contributed by atoms with Crippen LogP contribution in [0.5, 0.6) is 11.5 Å². The van der Waals surface area contributed by atoms with Crippen LogP contribution < -0.4 is 14.8 Å². The minimum absolute atomic E-state index is 0.0153. The first-order chi connectivity index (χ1) is 14.2. The van der Waals surface area contributed by atoms with Crippen molar-refractivity contribution in [1.82, 2.24) is 20.1 Å². The number of nitrogens with zero attached hydrogens (tertiary/aromatic N) is 4. The lowest BCUT2D eigenvalue weighted by atomic mass is 10.2.